The summed E-state index contributed by atoms with van der Waals surface area (Å²) in [5.74, 6) is -0.211. The minimum atomic E-state index is -0.650. The van der Waals surface area contributed by atoms with Gasteiger partial charge in [0.25, 0.3) is 0 Å². The molecule has 1 N–H and O–H groups in total. The SMILES string of the molecule is C[C@H]1CC(=O)C(=C(O)c2ccc(I)cc2)C(=NN(C)C(=O)OC(C)(C)C)C1. The third-order valence-electron chi connectivity index (χ3n) is 3.93. The van der Waals surface area contributed by atoms with E-state index in [-0.39, 0.29) is 23.0 Å². The molecular weight excluding hydrogens is 459 g/mol. The monoisotopic (exact) mass is 484 g/mol. The van der Waals surface area contributed by atoms with Gasteiger partial charge in [-0.3, -0.25) is 4.79 Å². The molecule has 1 aromatic rings. The maximum absolute atomic E-state index is 12.6. The Kier molecular flexibility index (Phi) is 6.67. The van der Waals surface area contributed by atoms with Crippen LogP contribution in [0.1, 0.15) is 46.1 Å². The molecule has 1 aromatic carbocycles. The zero-order valence-electron chi connectivity index (χ0n) is 16.2. The van der Waals surface area contributed by atoms with Crippen molar-refractivity contribution in [3.63, 3.8) is 0 Å². The van der Waals surface area contributed by atoms with Crippen LogP contribution in [0.15, 0.2) is 34.9 Å². The highest BCUT2D eigenvalue weighted by Crippen LogP contribution is 2.29. The van der Waals surface area contributed by atoms with Crippen molar-refractivity contribution < 1.29 is 19.4 Å². The standard InChI is InChI=1S/C20H25IN2O4/c1-12-10-15(22-23(5)19(26)27-20(2,3)4)17(16(24)11-12)18(25)13-6-8-14(21)9-7-13/h6-9,12,25H,10-11H2,1-5H3/t12-/m1/s1. The van der Waals surface area contributed by atoms with Crippen molar-refractivity contribution in [3.8, 4) is 0 Å². The number of rotatable bonds is 2. The van der Waals surface area contributed by atoms with Crippen molar-refractivity contribution >= 4 is 45.9 Å². The van der Waals surface area contributed by atoms with Crippen LogP contribution in [-0.4, -0.2) is 40.4 Å². The van der Waals surface area contributed by atoms with Crippen LogP contribution in [-0.2, 0) is 9.53 Å². The number of amides is 1. The number of hydrazone groups is 1. The summed E-state index contributed by atoms with van der Waals surface area (Å²) in [6.45, 7) is 7.25. The molecule has 0 unspecified atom stereocenters. The maximum Gasteiger partial charge on any atom is 0.430 e. The molecule has 1 atom stereocenters. The van der Waals surface area contributed by atoms with Gasteiger partial charge in [-0.15, -0.1) is 0 Å². The third-order valence-corrected chi connectivity index (χ3v) is 4.65. The molecule has 0 aliphatic heterocycles. The van der Waals surface area contributed by atoms with Crippen LogP contribution in [0.4, 0.5) is 4.79 Å². The molecule has 1 amide bonds. The first-order chi connectivity index (χ1) is 12.5. The molecule has 1 saturated carbocycles. The van der Waals surface area contributed by atoms with Crippen molar-refractivity contribution in [3.05, 3.63) is 39.0 Å². The highest BCUT2D eigenvalue weighted by molar-refractivity contribution is 14.1. The van der Waals surface area contributed by atoms with Crippen LogP contribution in [0.25, 0.3) is 5.76 Å². The average Bonchev–Trinajstić information content (AvgIpc) is 2.53. The predicted octanol–water partition coefficient (Wildman–Crippen LogP) is 4.78. The largest absolute Gasteiger partial charge is 0.506 e. The van der Waals surface area contributed by atoms with Crippen molar-refractivity contribution in [2.45, 2.75) is 46.1 Å². The van der Waals surface area contributed by atoms with E-state index >= 15 is 0 Å². The lowest BCUT2D eigenvalue weighted by Crippen LogP contribution is -2.34. The minimum Gasteiger partial charge on any atom is -0.506 e. The first-order valence-corrected chi connectivity index (χ1v) is 9.82. The van der Waals surface area contributed by atoms with Crippen LogP contribution in [0.3, 0.4) is 0 Å². The van der Waals surface area contributed by atoms with Gasteiger partial charge in [-0.25, -0.2) is 9.80 Å². The summed E-state index contributed by atoms with van der Waals surface area (Å²) < 4.78 is 6.33. The van der Waals surface area contributed by atoms with E-state index in [4.69, 9.17) is 4.74 Å². The topological polar surface area (TPSA) is 79.2 Å². The van der Waals surface area contributed by atoms with E-state index in [1.54, 1.807) is 32.9 Å². The molecule has 146 valence electrons. The molecule has 7 heteroatoms. The Morgan fingerprint density at radius 1 is 1.26 bits per heavy atom. The summed E-state index contributed by atoms with van der Waals surface area (Å²) in [6, 6.07) is 7.22. The van der Waals surface area contributed by atoms with E-state index in [0.717, 1.165) is 8.58 Å². The van der Waals surface area contributed by atoms with E-state index in [2.05, 4.69) is 27.7 Å². The molecule has 0 radical (unpaired) electrons. The summed E-state index contributed by atoms with van der Waals surface area (Å²) in [4.78, 5) is 24.9. The Labute approximate surface area is 173 Å². The lowest BCUT2D eigenvalue weighted by atomic mass is 9.83. The van der Waals surface area contributed by atoms with Gasteiger partial charge in [0.15, 0.2) is 5.78 Å². The fourth-order valence-corrected chi connectivity index (χ4v) is 3.10. The molecule has 0 aromatic heterocycles. The number of allylic oxidation sites excluding steroid dienone is 1. The Hall–Kier alpha value is -1.90. The highest BCUT2D eigenvalue weighted by atomic mass is 127. The Morgan fingerprint density at radius 3 is 2.41 bits per heavy atom. The molecule has 0 saturated heterocycles. The molecular formula is C20H25IN2O4. The van der Waals surface area contributed by atoms with E-state index in [1.807, 2.05) is 19.1 Å². The van der Waals surface area contributed by atoms with Crippen molar-refractivity contribution in [1.29, 1.82) is 0 Å². The number of ketones is 1. The normalized spacial score (nSPS) is 21.2. The number of halogens is 1. The summed E-state index contributed by atoms with van der Waals surface area (Å²) in [7, 11) is 1.48. The van der Waals surface area contributed by atoms with Gasteiger partial charge in [-0.05, 0) is 67.8 Å². The summed E-state index contributed by atoms with van der Waals surface area (Å²) in [6.07, 6.45) is 0.204. The number of hydrogen-bond donors (Lipinski definition) is 1. The highest BCUT2D eigenvalue weighted by Gasteiger charge is 2.31. The van der Waals surface area contributed by atoms with Crippen LogP contribution < -0.4 is 0 Å². The number of aliphatic hydroxyl groups excluding tert-OH is 1. The number of hydrogen-bond acceptors (Lipinski definition) is 5. The number of benzene rings is 1. The van der Waals surface area contributed by atoms with Gasteiger partial charge in [0.2, 0.25) is 0 Å². The zero-order valence-corrected chi connectivity index (χ0v) is 18.4. The number of Topliss-reactive ketones (excluding diaryl/α,β-unsaturated/α-hetero) is 1. The van der Waals surface area contributed by atoms with Gasteiger partial charge in [-0.1, -0.05) is 19.1 Å². The fraction of sp³-hybridized carbons (Fsp3) is 0.450. The van der Waals surface area contributed by atoms with Crippen molar-refractivity contribution in [2.75, 3.05) is 7.05 Å². The third kappa shape index (κ3) is 5.79. The zero-order chi connectivity index (χ0) is 20.4. The smallest absolute Gasteiger partial charge is 0.430 e. The van der Waals surface area contributed by atoms with Crippen molar-refractivity contribution in [1.82, 2.24) is 5.01 Å². The molecule has 1 aliphatic carbocycles. The molecule has 0 spiro atoms. The van der Waals surface area contributed by atoms with Gasteiger partial charge in [0.05, 0.1) is 11.3 Å². The molecule has 0 bridgehead atoms. The number of carbonyl (C=O) groups is 2. The predicted molar refractivity (Wildman–Crippen MR) is 114 cm³/mol. The van der Waals surface area contributed by atoms with Crippen molar-refractivity contribution in [2.24, 2.45) is 11.0 Å². The van der Waals surface area contributed by atoms with E-state index < -0.39 is 11.7 Å². The van der Waals surface area contributed by atoms with Gasteiger partial charge >= 0.3 is 6.09 Å². The lowest BCUT2D eigenvalue weighted by molar-refractivity contribution is -0.116. The second kappa shape index (κ2) is 8.41. The Bertz CT molecular complexity index is 791. The number of ether oxygens (including phenoxy) is 1. The van der Waals surface area contributed by atoms with Gasteiger partial charge in [0, 0.05) is 22.6 Å². The van der Waals surface area contributed by atoms with Gasteiger partial charge in [-0.2, -0.15) is 5.10 Å². The lowest BCUT2D eigenvalue weighted by Gasteiger charge is -2.26. The fourth-order valence-electron chi connectivity index (χ4n) is 2.75. The summed E-state index contributed by atoms with van der Waals surface area (Å²) in [5, 5.41) is 16.1. The van der Waals surface area contributed by atoms with E-state index in [0.29, 0.717) is 24.1 Å². The molecule has 6 nitrogen and oxygen atoms in total. The van der Waals surface area contributed by atoms with Gasteiger partial charge in [0.1, 0.15) is 11.4 Å². The molecule has 2 rings (SSSR count). The Morgan fingerprint density at radius 2 is 1.85 bits per heavy atom. The molecule has 27 heavy (non-hydrogen) atoms. The molecule has 0 heterocycles. The van der Waals surface area contributed by atoms with Crippen LogP contribution >= 0.6 is 22.6 Å². The second-order valence-corrected chi connectivity index (χ2v) is 8.96. The molecule has 1 aliphatic rings. The minimum absolute atomic E-state index is 0.0801. The van der Waals surface area contributed by atoms with Crippen LogP contribution in [0.2, 0.25) is 0 Å². The summed E-state index contributed by atoms with van der Waals surface area (Å²) >= 11 is 2.17. The first-order valence-electron chi connectivity index (χ1n) is 8.75. The van der Waals surface area contributed by atoms with Gasteiger partial charge < -0.3 is 9.84 Å². The first kappa shape index (κ1) is 21.4. The van der Waals surface area contributed by atoms with E-state index in [9.17, 15) is 14.7 Å². The maximum atomic E-state index is 12.6. The number of nitrogens with zero attached hydrogens (tertiary/aromatic N) is 2. The average molecular weight is 484 g/mol. The Balaban J connectivity index is 2.43. The number of aliphatic hydroxyl groups is 1. The number of carbonyl (C=O) groups excluding carboxylic acids is 2. The van der Waals surface area contributed by atoms with Crippen LogP contribution in [0, 0.1) is 9.49 Å². The summed E-state index contributed by atoms with van der Waals surface area (Å²) in [5.41, 5.74) is 0.456. The molecule has 1 fully saturated rings. The van der Waals surface area contributed by atoms with E-state index in [1.165, 1.54) is 7.05 Å². The quantitative estimate of drug-likeness (QED) is 0.284. The van der Waals surface area contributed by atoms with Crippen LogP contribution in [0.5, 0.6) is 0 Å². The second-order valence-electron chi connectivity index (χ2n) is 7.72.